The molecule has 4 heteroatoms. The highest BCUT2D eigenvalue weighted by Crippen LogP contribution is 2.28. The van der Waals surface area contributed by atoms with E-state index >= 15 is 0 Å². The molecule has 0 N–H and O–H groups in total. The van der Waals surface area contributed by atoms with E-state index < -0.39 is 0 Å². The zero-order chi connectivity index (χ0) is 14.7. The first-order chi connectivity index (χ1) is 10.2. The highest BCUT2D eigenvalue weighted by atomic mass is 16.5. The third kappa shape index (κ3) is 3.38. The van der Waals surface area contributed by atoms with Crippen LogP contribution in [0, 0.1) is 6.92 Å². The van der Waals surface area contributed by atoms with Crippen LogP contribution in [-0.2, 0) is 9.53 Å². The minimum atomic E-state index is 0.0794. The molecule has 2 fully saturated rings. The van der Waals surface area contributed by atoms with Gasteiger partial charge in [0, 0.05) is 6.54 Å². The van der Waals surface area contributed by atoms with Crippen molar-refractivity contribution < 1.29 is 14.3 Å². The van der Waals surface area contributed by atoms with Gasteiger partial charge in [-0.2, -0.15) is 0 Å². The van der Waals surface area contributed by atoms with Crippen LogP contribution in [0.5, 0.6) is 5.75 Å². The molecule has 1 aromatic rings. The van der Waals surface area contributed by atoms with Crippen molar-refractivity contribution in [3.05, 3.63) is 29.8 Å². The van der Waals surface area contributed by atoms with Crippen molar-refractivity contribution >= 4 is 5.91 Å². The van der Waals surface area contributed by atoms with E-state index in [1.807, 2.05) is 36.1 Å². The van der Waals surface area contributed by atoms with Crippen molar-refractivity contribution in [1.82, 2.24) is 4.90 Å². The van der Waals surface area contributed by atoms with Crippen LogP contribution in [0.25, 0.3) is 0 Å². The number of amides is 1. The fraction of sp³-hybridized carbons (Fsp3) is 0.588. The highest BCUT2D eigenvalue weighted by Gasteiger charge is 2.36. The van der Waals surface area contributed by atoms with Crippen LogP contribution in [0.3, 0.4) is 0 Å². The van der Waals surface area contributed by atoms with Gasteiger partial charge in [0.05, 0.1) is 18.8 Å². The Hall–Kier alpha value is -1.55. The van der Waals surface area contributed by atoms with E-state index in [-0.39, 0.29) is 24.7 Å². The van der Waals surface area contributed by atoms with Crippen LogP contribution in [0.1, 0.15) is 31.2 Å². The standard InChI is InChI=1S/C17H23NO3/c1-13-6-8-14(9-7-13)21-12-17(19)18-10-11-20-16-5-3-2-4-15(16)18/h6-9,15-16H,2-5,10-12H2,1H3/t15-,16-/m1/s1. The molecule has 0 bridgehead atoms. The van der Waals surface area contributed by atoms with Crippen LogP contribution in [0.2, 0.25) is 0 Å². The SMILES string of the molecule is Cc1ccc(OCC(=O)N2CCO[C@@H]3CCCC[C@H]32)cc1. The molecule has 1 aliphatic carbocycles. The number of hydrogen-bond acceptors (Lipinski definition) is 3. The molecule has 1 aliphatic heterocycles. The Balaban J connectivity index is 1.57. The van der Waals surface area contributed by atoms with Crippen molar-refractivity contribution in [2.75, 3.05) is 19.8 Å². The molecule has 1 amide bonds. The number of nitrogens with zero attached hydrogens (tertiary/aromatic N) is 1. The molecule has 114 valence electrons. The van der Waals surface area contributed by atoms with Gasteiger partial charge in [-0.1, -0.05) is 30.5 Å². The van der Waals surface area contributed by atoms with Gasteiger partial charge in [-0.05, 0) is 31.9 Å². The molecule has 1 aromatic carbocycles. The molecular weight excluding hydrogens is 266 g/mol. The van der Waals surface area contributed by atoms with Crippen molar-refractivity contribution in [2.45, 2.75) is 44.8 Å². The van der Waals surface area contributed by atoms with Crippen LogP contribution in [0.15, 0.2) is 24.3 Å². The number of aryl methyl sites for hydroxylation is 1. The van der Waals surface area contributed by atoms with Gasteiger partial charge >= 0.3 is 0 Å². The normalized spacial score (nSPS) is 25.3. The fourth-order valence-electron chi connectivity index (χ4n) is 3.27. The predicted molar refractivity (Wildman–Crippen MR) is 80.4 cm³/mol. The monoisotopic (exact) mass is 289 g/mol. The molecule has 0 radical (unpaired) electrons. The summed E-state index contributed by atoms with van der Waals surface area (Å²) in [7, 11) is 0. The van der Waals surface area contributed by atoms with Crippen molar-refractivity contribution in [3.63, 3.8) is 0 Å². The fourth-order valence-corrected chi connectivity index (χ4v) is 3.27. The van der Waals surface area contributed by atoms with E-state index in [4.69, 9.17) is 9.47 Å². The Morgan fingerprint density at radius 1 is 1.29 bits per heavy atom. The number of hydrogen-bond donors (Lipinski definition) is 0. The number of ether oxygens (including phenoxy) is 2. The summed E-state index contributed by atoms with van der Waals surface area (Å²) in [6.07, 6.45) is 4.76. The van der Waals surface area contributed by atoms with Gasteiger partial charge in [0.2, 0.25) is 0 Å². The lowest BCUT2D eigenvalue weighted by Gasteiger charge is -2.43. The maximum atomic E-state index is 12.4. The van der Waals surface area contributed by atoms with E-state index in [0.717, 1.165) is 18.6 Å². The zero-order valence-electron chi connectivity index (χ0n) is 12.6. The summed E-state index contributed by atoms with van der Waals surface area (Å²) in [5.41, 5.74) is 1.19. The lowest BCUT2D eigenvalue weighted by atomic mass is 9.90. The first kappa shape index (κ1) is 14.4. The average Bonchev–Trinajstić information content (AvgIpc) is 2.53. The summed E-state index contributed by atoms with van der Waals surface area (Å²) in [6.45, 7) is 3.49. The van der Waals surface area contributed by atoms with E-state index in [1.165, 1.54) is 18.4 Å². The van der Waals surface area contributed by atoms with E-state index in [0.29, 0.717) is 13.2 Å². The van der Waals surface area contributed by atoms with Crippen molar-refractivity contribution in [1.29, 1.82) is 0 Å². The number of rotatable bonds is 3. The van der Waals surface area contributed by atoms with Crippen molar-refractivity contribution in [2.24, 2.45) is 0 Å². The molecule has 3 rings (SSSR count). The highest BCUT2D eigenvalue weighted by molar-refractivity contribution is 5.78. The van der Waals surface area contributed by atoms with Gasteiger partial charge in [-0.15, -0.1) is 0 Å². The molecule has 21 heavy (non-hydrogen) atoms. The molecule has 1 saturated heterocycles. The molecule has 1 heterocycles. The van der Waals surface area contributed by atoms with Crippen LogP contribution < -0.4 is 4.74 Å². The maximum Gasteiger partial charge on any atom is 0.260 e. The number of morpholine rings is 1. The molecule has 1 saturated carbocycles. The smallest absolute Gasteiger partial charge is 0.260 e. The van der Waals surface area contributed by atoms with E-state index in [1.54, 1.807) is 0 Å². The van der Waals surface area contributed by atoms with Crippen molar-refractivity contribution in [3.8, 4) is 5.75 Å². The molecule has 0 aromatic heterocycles. The number of carbonyl (C=O) groups is 1. The molecule has 2 aliphatic rings. The topological polar surface area (TPSA) is 38.8 Å². The summed E-state index contributed by atoms with van der Waals surface area (Å²) in [4.78, 5) is 14.4. The minimum Gasteiger partial charge on any atom is -0.484 e. The third-order valence-electron chi connectivity index (χ3n) is 4.44. The number of carbonyl (C=O) groups excluding carboxylic acids is 1. The van der Waals surface area contributed by atoms with Gasteiger partial charge in [0.1, 0.15) is 5.75 Å². The maximum absolute atomic E-state index is 12.4. The molecule has 2 atom stereocenters. The van der Waals surface area contributed by atoms with Gasteiger partial charge < -0.3 is 14.4 Å². The molecule has 4 nitrogen and oxygen atoms in total. The predicted octanol–water partition coefficient (Wildman–Crippen LogP) is 2.54. The molecule has 0 unspecified atom stereocenters. The Kier molecular flexibility index (Phi) is 4.44. The lowest BCUT2D eigenvalue weighted by Crippen LogP contribution is -2.55. The van der Waals surface area contributed by atoms with Gasteiger partial charge in [-0.3, -0.25) is 4.79 Å². The Bertz CT molecular complexity index is 483. The Morgan fingerprint density at radius 2 is 2.05 bits per heavy atom. The largest absolute Gasteiger partial charge is 0.484 e. The second-order valence-electron chi connectivity index (χ2n) is 5.95. The van der Waals surface area contributed by atoms with Crippen LogP contribution >= 0.6 is 0 Å². The van der Waals surface area contributed by atoms with E-state index in [9.17, 15) is 4.79 Å². The first-order valence-electron chi connectivity index (χ1n) is 7.84. The van der Waals surface area contributed by atoms with Gasteiger partial charge in [-0.25, -0.2) is 0 Å². The van der Waals surface area contributed by atoms with Crippen LogP contribution in [0.4, 0.5) is 0 Å². The number of fused-ring (bicyclic) bond motifs is 1. The second-order valence-corrected chi connectivity index (χ2v) is 5.95. The average molecular weight is 289 g/mol. The number of benzene rings is 1. The van der Waals surface area contributed by atoms with E-state index in [2.05, 4.69) is 0 Å². The Morgan fingerprint density at radius 3 is 2.86 bits per heavy atom. The second kappa shape index (κ2) is 6.48. The third-order valence-corrected chi connectivity index (χ3v) is 4.44. The molecule has 0 spiro atoms. The quantitative estimate of drug-likeness (QED) is 0.858. The zero-order valence-corrected chi connectivity index (χ0v) is 12.6. The first-order valence-corrected chi connectivity index (χ1v) is 7.84. The summed E-state index contributed by atoms with van der Waals surface area (Å²) < 4.78 is 11.4. The summed E-state index contributed by atoms with van der Waals surface area (Å²) in [5.74, 6) is 0.832. The summed E-state index contributed by atoms with van der Waals surface area (Å²) in [6, 6.07) is 8.05. The van der Waals surface area contributed by atoms with Gasteiger partial charge in [0.15, 0.2) is 6.61 Å². The lowest BCUT2D eigenvalue weighted by molar-refractivity contribution is -0.151. The van der Waals surface area contributed by atoms with Crippen LogP contribution in [-0.4, -0.2) is 42.7 Å². The minimum absolute atomic E-state index is 0.0794. The summed E-state index contributed by atoms with van der Waals surface area (Å²) >= 11 is 0. The summed E-state index contributed by atoms with van der Waals surface area (Å²) in [5, 5.41) is 0. The molecular formula is C17H23NO3. The van der Waals surface area contributed by atoms with Gasteiger partial charge in [0.25, 0.3) is 5.91 Å². The Labute approximate surface area is 126 Å².